The molecule has 5 heteroatoms. The molecule has 0 bridgehead atoms. The highest BCUT2D eigenvalue weighted by atomic mass is 19.1. The number of halogens is 1. The zero-order valence-corrected chi connectivity index (χ0v) is 14.7. The van der Waals surface area contributed by atoms with Gasteiger partial charge in [0, 0.05) is 6.54 Å². The van der Waals surface area contributed by atoms with Crippen molar-refractivity contribution in [2.24, 2.45) is 0 Å². The Balaban J connectivity index is 1.63. The maximum absolute atomic E-state index is 12.8. The van der Waals surface area contributed by atoms with Gasteiger partial charge in [-0.2, -0.15) is 0 Å². The molecule has 2 N–H and O–H groups in total. The Morgan fingerprint density at radius 1 is 1.04 bits per heavy atom. The average molecular weight is 344 g/mol. The molecule has 0 fully saturated rings. The monoisotopic (exact) mass is 344 g/mol. The molecule has 0 radical (unpaired) electrons. The van der Waals surface area contributed by atoms with Crippen molar-refractivity contribution in [2.75, 3.05) is 19.7 Å². The topological polar surface area (TPSA) is 50.4 Å². The van der Waals surface area contributed by atoms with Gasteiger partial charge in [-0.25, -0.2) is 9.18 Å². The molecule has 0 saturated carbocycles. The van der Waals surface area contributed by atoms with Crippen molar-refractivity contribution in [2.45, 2.75) is 26.2 Å². The van der Waals surface area contributed by atoms with E-state index >= 15 is 0 Å². The third-order valence-electron chi connectivity index (χ3n) is 3.80. The molecule has 0 heterocycles. The van der Waals surface area contributed by atoms with Gasteiger partial charge in [-0.05, 0) is 41.7 Å². The number of benzene rings is 2. The van der Waals surface area contributed by atoms with Crippen molar-refractivity contribution < 1.29 is 13.9 Å². The van der Waals surface area contributed by atoms with Crippen molar-refractivity contribution in [1.82, 2.24) is 10.6 Å². The highest BCUT2D eigenvalue weighted by Gasteiger charge is 2.06. The fourth-order valence-electron chi connectivity index (χ4n) is 2.45. The molecule has 0 aliphatic carbocycles. The molecule has 4 nitrogen and oxygen atoms in total. The van der Waals surface area contributed by atoms with E-state index in [2.05, 4.69) is 30.5 Å². The summed E-state index contributed by atoms with van der Waals surface area (Å²) in [6, 6.07) is 14.0. The first-order chi connectivity index (χ1) is 12.1. The van der Waals surface area contributed by atoms with E-state index in [0.29, 0.717) is 32.0 Å². The summed E-state index contributed by atoms with van der Waals surface area (Å²) in [5, 5.41) is 5.54. The molecule has 25 heavy (non-hydrogen) atoms. The molecular formula is C20H25FN2O2. The van der Waals surface area contributed by atoms with E-state index in [1.807, 2.05) is 18.2 Å². The van der Waals surface area contributed by atoms with Crippen LogP contribution in [0.15, 0.2) is 48.5 Å². The van der Waals surface area contributed by atoms with Gasteiger partial charge in [0.2, 0.25) is 0 Å². The first-order valence-electron chi connectivity index (χ1n) is 8.54. The Morgan fingerprint density at radius 3 is 2.44 bits per heavy atom. The summed E-state index contributed by atoms with van der Waals surface area (Å²) in [5.74, 6) is 0.989. The maximum Gasteiger partial charge on any atom is 0.314 e. The summed E-state index contributed by atoms with van der Waals surface area (Å²) in [4.78, 5) is 11.7. The van der Waals surface area contributed by atoms with E-state index < -0.39 is 0 Å². The van der Waals surface area contributed by atoms with Gasteiger partial charge in [-0.1, -0.05) is 44.2 Å². The second kappa shape index (κ2) is 9.67. The standard InChI is InChI=1S/C20H25FN2O2/c1-15(2)18-5-3-4-6-19(18)25-14-13-23-20(24)22-12-11-16-7-9-17(21)10-8-16/h3-10,15H,11-14H2,1-2H3,(H2,22,23,24). The molecule has 0 unspecified atom stereocenters. The number of carbonyl (C=O) groups is 1. The van der Waals surface area contributed by atoms with Crippen LogP contribution in [0.2, 0.25) is 0 Å². The van der Waals surface area contributed by atoms with E-state index in [0.717, 1.165) is 16.9 Å². The largest absolute Gasteiger partial charge is 0.491 e. The predicted molar refractivity (Wildman–Crippen MR) is 97.5 cm³/mol. The molecule has 2 aromatic rings. The number of rotatable bonds is 8. The minimum Gasteiger partial charge on any atom is -0.491 e. The van der Waals surface area contributed by atoms with Crippen LogP contribution in [0.3, 0.4) is 0 Å². The number of hydrogen-bond acceptors (Lipinski definition) is 2. The van der Waals surface area contributed by atoms with Gasteiger partial charge >= 0.3 is 6.03 Å². The van der Waals surface area contributed by atoms with E-state index in [9.17, 15) is 9.18 Å². The number of carbonyl (C=O) groups excluding carboxylic acids is 1. The smallest absolute Gasteiger partial charge is 0.314 e. The zero-order chi connectivity index (χ0) is 18.1. The van der Waals surface area contributed by atoms with Gasteiger partial charge < -0.3 is 15.4 Å². The summed E-state index contributed by atoms with van der Waals surface area (Å²) < 4.78 is 18.6. The molecule has 2 aromatic carbocycles. The summed E-state index contributed by atoms with van der Waals surface area (Å²) >= 11 is 0. The van der Waals surface area contributed by atoms with Crippen molar-refractivity contribution in [3.8, 4) is 5.75 Å². The summed E-state index contributed by atoms with van der Waals surface area (Å²) in [6.45, 7) is 5.57. The van der Waals surface area contributed by atoms with E-state index in [1.165, 1.54) is 12.1 Å². The lowest BCUT2D eigenvalue weighted by Crippen LogP contribution is -2.38. The van der Waals surface area contributed by atoms with Gasteiger partial charge in [0.25, 0.3) is 0 Å². The number of urea groups is 1. The number of ether oxygens (including phenoxy) is 1. The fourth-order valence-corrected chi connectivity index (χ4v) is 2.45. The lowest BCUT2D eigenvalue weighted by Gasteiger charge is -2.14. The first kappa shape index (κ1) is 18.8. The van der Waals surface area contributed by atoms with Crippen LogP contribution in [0.25, 0.3) is 0 Å². The zero-order valence-electron chi connectivity index (χ0n) is 14.7. The molecule has 0 atom stereocenters. The second-order valence-corrected chi connectivity index (χ2v) is 6.10. The molecule has 0 spiro atoms. The molecule has 0 aliphatic rings. The van der Waals surface area contributed by atoms with Crippen molar-refractivity contribution >= 4 is 6.03 Å². The van der Waals surface area contributed by atoms with E-state index in [4.69, 9.17) is 4.74 Å². The van der Waals surface area contributed by atoms with Gasteiger partial charge in [-0.15, -0.1) is 0 Å². The van der Waals surface area contributed by atoms with Crippen LogP contribution >= 0.6 is 0 Å². The van der Waals surface area contributed by atoms with Crippen LogP contribution in [0.5, 0.6) is 5.75 Å². The number of nitrogens with one attached hydrogen (secondary N) is 2. The minimum atomic E-state index is -0.256. The van der Waals surface area contributed by atoms with E-state index in [-0.39, 0.29) is 11.8 Å². The number of para-hydroxylation sites is 1. The quantitative estimate of drug-likeness (QED) is 0.714. The van der Waals surface area contributed by atoms with Gasteiger partial charge in [0.05, 0.1) is 6.54 Å². The van der Waals surface area contributed by atoms with Gasteiger partial charge in [-0.3, -0.25) is 0 Å². The highest BCUT2D eigenvalue weighted by molar-refractivity contribution is 5.73. The molecule has 2 amide bonds. The number of amides is 2. The third-order valence-corrected chi connectivity index (χ3v) is 3.80. The second-order valence-electron chi connectivity index (χ2n) is 6.10. The predicted octanol–water partition coefficient (Wildman–Crippen LogP) is 3.87. The normalized spacial score (nSPS) is 10.6. The van der Waals surface area contributed by atoms with Crippen molar-refractivity contribution in [3.63, 3.8) is 0 Å². The molecule has 0 aliphatic heterocycles. The Morgan fingerprint density at radius 2 is 1.72 bits per heavy atom. The number of hydrogen-bond donors (Lipinski definition) is 2. The van der Waals surface area contributed by atoms with Crippen LogP contribution in [-0.2, 0) is 6.42 Å². The third kappa shape index (κ3) is 6.45. The van der Waals surface area contributed by atoms with Crippen molar-refractivity contribution in [1.29, 1.82) is 0 Å². The first-order valence-corrected chi connectivity index (χ1v) is 8.54. The summed E-state index contributed by atoms with van der Waals surface area (Å²) in [5.41, 5.74) is 2.14. The van der Waals surface area contributed by atoms with Gasteiger partial charge in [0.15, 0.2) is 0 Å². The minimum absolute atomic E-state index is 0.233. The van der Waals surface area contributed by atoms with Crippen molar-refractivity contribution in [3.05, 3.63) is 65.5 Å². The Hall–Kier alpha value is -2.56. The van der Waals surface area contributed by atoms with Crippen LogP contribution in [0.1, 0.15) is 30.9 Å². The SMILES string of the molecule is CC(C)c1ccccc1OCCNC(=O)NCCc1ccc(F)cc1. The lowest BCUT2D eigenvalue weighted by atomic mass is 10.0. The van der Waals surface area contributed by atoms with Crippen LogP contribution in [0, 0.1) is 5.82 Å². The molecular weight excluding hydrogens is 319 g/mol. The lowest BCUT2D eigenvalue weighted by molar-refractivity contribution is 0.236. The fraction of sp³-hybridized carbons (Fsp3) is 0.350. The molecule has 134 valence electrons. The molecule has 2 rings (SSSR count). The average Bonchev–Trinajstić information content (AvgIpc) is 2.60. The molecule has 0 aromatic heterocycles. The molecule has 0 saturated heterocycles. The van der Waals surface area contributed by atoms with E-state index in [1.54, 1.807) is 12.1 Å². The van der Waals surface area contributed by atoms with Crippen LogP contribution < -0.4 is 15.4 Å². The van der Waals surface area contributed by atoms with Crippen LogP contribution in [-0.4, -0.2) is 25.7 Å². The highest BCUT2D eigenvalue weighted by Crippen LogP contribution is 2.25. The Labute approximate surface area is 148 Å². The van der Waals surface area contributed by atoms with Gasteiger partial charge in [0.1, 0.15) is 18.2 Å². The Kier molecular flexibility index (Phi) is 7.26. The van der Waals surface area contributed by atoms with Crippen LogP contribution in [0.4, 0.5) is 9.18 Å². The summed E-state index contributed by atoms with van der Waals surface area (Å²) in [7, 11) is 0. The maximum atomic E-state index is 12.8. The summed E-state index contributed by atoms with van der Waals surface area (Å²) in [6.07, 6.45) is 0.659. The Bertz CT molecular complexity index is 672.